The predicted octanol–water partition coefficient (Wildman–Crippen LogP) is 3.57. The molecule has 11 heteroatoms. The van der Waals surface area contributed by atoms with Crippen LogP contribution in [0.5, 0.6) is 0 Å². The molecule has 3 aliphatic heterocycles. The number of pyridine rings is 1. The third kappa shape index (κ3) is 4.64. The molecule has 7 rings (SSSR count). The molecular formula is C28H39F3N6O2. The summed E-state index contributed by atoms with van der Waals surface area (Å²) in [6.07, 6.45) is 6.92. The minimum absolute atomic E-state index is 0.0261. The van der Waals surface area contributed by atoms with Gasteiger partial charge in [0.15, 0.2) is 0 Å². The molecule has 2 aromatic heterocycles. The van der Waals surface area contributed by atoms with Crippen molar-refractivity contribution in [3.8, 4) is 0 Å². The van der Waals surface area contributed by atoms with Gasteiger partial charge in [0.2, 0.25) is 0 Å². The van der Waals surface area contributed by atoms with Gasteiger partial charge >= 0.3 is 11.9 Å². The van der Waals surface area contributed by atoms with Gasteiger partial charge in [-0.3, -0.25) is 18.8 Å². The molecule has 1 spiro atoms. The van der Waals surface area contributed by atoms with Crippen molar-refractivity contribution in [3.63, 3.8) is 0 Å². The van der Waals surface area contributed by atoms with Gasteiger partial charge in [-0.05, 0) is 81.5 Å². The summed E-state index contributed by atoms with van der Waals surface area (Å²) in [5.74, 6) is 0.360. The van der Waals surface area contributed by atoms with Crippen LogP contribution >= 0.6 is 0 Å². The maximum absolute atomic E-state index is 14.3. The lowest BCUT2D eigenvalue weighted by molar-refractivity contribution is -0.167. The SMILES string of the molecule is CN1CNNC1CC1(C2CCCC(n3cc4c(C(F)(F)F)cc(CN5CCC6(CC6)C5)cn4c3=O)C2)COC1. The minimum Gasteiger partial charge on any atom is -0.380 e. The van der Waals surface area contributed by atoms with Crippen LogP contribution in [0.2, 0.25) is 0 Å². The third-order valence-electron chi connectivity index (χ3n) is 10.4. The number of ether oxygens (including phenoxy) is 1. The first-order chi connectivity index (χ1) is 18.6. The van der Waals surface area contributed by atoms with Gasteiger partial charge in [0.25, 0.3) is 0 Å². The Morgan fingerprint density at radius 3 is 2.62 bits per heavy atom. The molecule has 5 fully saturated rings. The van der Waals surface area contributed by atoms with E-state index in [1.54, 1.807) is 10.8 Å². The Hall–Kier alpha value is -1.92. The average molecular weight is 549 g/mol. The molecule has 0 bridgehead atoms. The number of aromatic nitrogens is 2. The Kier molecular flexibility index (Phi) is 6.20. The molecule has 2 saturated carbocycles. The lowest BCUT2D eigenvalue weighted by atomic mass is 9.64. The summed E-state index contributed by atoms with van der Waals surface area (Å²) in [6, 6.07) is 1.15. The van der Waals surface area contributed by atoms with Crippen molar-refractivity contribution in [2.24, 2.45) is 16.7 Å². The zero-order valence-corrected chi connectivity index (χ0v) is 22.6. The van der Waals surface area contributed by atoms with Crippen LogP contribution in [0.15, 0.2) is 23.3 Å². The van der Waals surface area contributed by atoms with Gasteiger partial charge in [-0.25, -0.2) is 15.6 Å². The average Bonchev–Trinajstić information content (AvgIpc) is 3.15. The number of hydrogen-bond donors (Lipinski definition) is 2. The standard InChI is InChI=1S/C28H39F3N6O2/c1-34-18-32-33-24(34)11-27(16-39-17-27)20-3-2-4-21(10-20)36-14-23-22(28(29,30)31)9-19(13-37(23)25(36)38)12-35-8-7-26(15-35)5-6-26/h9,13-14,20-21,24,32-33H,2-8,10-12,15-18H2,1H3. The highest BCUT2D eigenvalue weighted by atomic mass is 19.4. The quantitative estimate of drug-likeness (QED) is 0.576. The smallest absolute Gasteiger partial charge is 0.380 e. The van der Waals surface area contributed by atoms with Crippen LogP contribution < -0.4 is 16.5 Å². The molecule has 5 heterocycles. The maximum atomic E-state index is 14.3. The molecule has 3 unspecified atom stereocenters. The van der Waals surface area contributed by atoms with Crippen molar-refractivity contribution in [1.82, 2.24) is 29.6 Å². The molecule has 3 atom stereocenters. The summed E-state index contributed by atoms with van der Waals surface area (Å²) in [5.41, 5.74) is 6.42. The number of rotatable bonds is 6. The van der Waals surface area contributed by atoms with Crippen LogP contribution in [0.4, 0.5) is 13.2 Å². The summed E-state index contributed by atoms with van der Waals surface area (Å²) in [4.78, 5) is 18.2. The number of alkyl halides is 3. The second kappa shape index (κ2) is 9.30. The molecule has 0 aromatic carbocycles. The fourth-order valence-electron chi connectivity index (χ4n) is 7.80. The molecule has 2 aliphatic carbocycles. The molecule has 0 radical (unpaired) electrons. The number of likely N-dealkylation sites (tertiary alicyclic amines) is 1. The van der Waals surface area contributed by atoms with Gasteiger partial charge in [-0.15, -0.1) is 0 Å². The van der Waals surface area contributed by atoms with Crippen LogP contribution in [0.25, 0.3) is 5.52 Å². The van der Waals surface area contributed by atoms with E-state index in [1.807, 2.05) is 0 Å². The Labute approximate surface area is 226 Å². The van der Waals surface area contributed by atoms with E-state index in [9.17, 15) is 18.0 Å². The molecule has 3 saturated heterocycles. The van der Waals surface area contributed by atoms with Crippen LogP contribution in [0.1, 0.15) is 68.5 Å². The fraction of sp³-hybridized carbons (Fsp3) is 0.750. The molecule has 5 aliphatic rings. The van der Waals surface area contributed by atoms with E-state index in [1.165, 1.54) is 29.5 Å². The highest BCUT2D eigenvalue weighted by Gasteiger charge is 2.50. The Morgan fingerprint density at radius 1 is 1.15 bits per heavy atom. The molecule has 8 nitrogen and oxygen atoms in total. The van der Waals surface area contributed by atoms with E-state index < -0.39 is 11.7 Å². The molecule has 39 heavy (non-hydrogen) atoms. The van der Waals surface area contributed by atoms with Crippen molar-refractivity contribution in [1.29, 1.82) is 0 Å². The van der Waals surface area contributed by atoms with E-state index in [0.717, 1.165) is 58.3 Å². The molecule has 2 aromatic rings. The normalized spacial score (nSPS) is 30.8. The van der Waals surface area contributed by atoms with Crippen molar-refractivity contribution >= 4 is 5.52 Å². The number of nitrogens with zero attached hydrogens (tertiary/aromatic N) is 4. The fourth-order valence-corrected chi connectivity index (χ4v) is 7.80. The summed E-state index contributed by atoms with van der Waals surface area (Å²) in [7, 11) is 2.08. The number of hydrazine groups is 1. The Morgan fingerprint density at radius 2 is 1.97 bits per heavy atom. The monoisotopic (exact) mass is 548 g/mol. The van der Waals surface area contributed by atoms with Crippen LogP contribution in [0.3, 0.4) is 0 Å². The molecule has 2 N–H and O–H groups in total. The zero-order valence-electron chi connectivity index (χ0n) is 22.6. The zero-order chi connectivity index (χ0) is 27.0. The molecule has 214 valence electrons. The van der Waals surface area contributed by atoms with Gasteiger partial charge < -0.3 is 4.74 Å². The van der Waals surface area contributed by atoms with Gasteiger partial charge in [0.1, 0.15) is 0 Å². The predicted molar refractivity (Wildman–Crippen MR) is 140 cm³/mol. The second-order valence-electron chi connectivity index (χ2n) is 13.1. The van der Waals surface area contributed by atoms with Gasteiger partial charge in [-0.1, -0.05) is 6.42 Å². The summed E-state index contributed by atoms with van der Waals surface area (Å²) in [6.45, 7) is 4.48. The highest BCUT2D eigenvalue weighted by Crippen LogP contribution is 2.53. The Bertz CT molecular complexity index is 1300. The third-order valence-corrected chi connectivity index (χ3v) is 10.4. The Balaban J connectivity index is 1.17. The van der Waals surface area contributed by atoms with Crippen LogP contribution in [-0.2, 0) is 17.5 Å². The van der Waals surface area contributed by atoms with Crippen LogP contribution in [-0.4, -0.2) is 65.0 Å². The van der Waals surface area contributed by atoms with E-state index in [2.05, 4.69) is 27.7 Å². The number of halogens is 3. The lowest BCUT2D eigenvalue weighted by Crippen LogP contribution is -2.54. The lowest BCUT2D eigenvalue weighted by Gasteiger charge is -2.51. The molecule has 0 amide bonds. The topological polar surface area (TPSA) is 66.2 Å². The van der Waals surface area contributed by atoms with Crippen LogP contribution in [0, 0.1) is 16.7 Å². The van der Waals surface area contributed by atoms with Gasteiger partial charge in [0.05, 0.1) is 37.1 Å². The van der Waals surface area contributed by atoms with E-state index >= 15 is 0 Å². The largest absolute Gasteiger partial charge is 0.418 e. The van der Waals surface area contributed by atoms with E-state index in [4.69, 9.17) is 4.74 Å². The maximum Gasteiger partial charge on any atom is 0.418 e. The van der Waals surface area contributed by atoms with Crippen molar-refractivity contribution in [2.75, 3.05) is 40.0 Å². The first-order valence-corrected chi connectivity index (χ1v) is 14.5. The highest BCUT2D eigenvalue weighted by molar-refractivity contribution is 5.56. The number of nitrogens with one attached hydrogen (secondary N) is 2. The van der Waals surface area contributed by atoms with E-state index in [-0.39, 0.29) is 28.8 Å². The number of imidazole rings is 1. The van der Waals surface area contributed by atoms with Crippen molar-refractivity contribution < 1.29 is 17.9 Å². The van der Waals surface area contributed by atoms with E-state index in [0.29, 0.717) is 36.7 Å². The minimum atomic E-state index is -4.53. The summed E-state index contributed by atoms with van der Waals surface area (Å²) >= 11 is 0. The summed E-state index contributed by atoms with van der Waals surface area (Å²) in [5, 5.41) is 0. The molecular weight excluding hydrogens is 509 g/mol. The first-order valence-electron chi connectivity index (χ1n) is 14.5. The second-order valence-corrected chi connectivity index (χ2v) is 13.1. The van der Waals surface area contributed by atoms with Crippen molar-refractivity contribution in [3.05, 3.63) is 40.1 Å². The van der Waals surface area contributed by atoms with Gasteiger partial charge in [0, 0.05) is 36.9 Å². The van der Waals surface area contributed by atoms with Crippen molar-refractivity contribution in [2.45, 2.75) is 76.3 Å². The number of fused-ring (bicyclic) bond motifs is 1. The summed E-state index contributed by atoms with van der Waals surface area (Å²) < 4.78 is 51.4. The number of hydrogen-bond acceptors (Lipinski definition) is 6. The first kappa shape index (κ1) is 26.0. The van der Waals surface area contributed by atoms with Gasteiger partial charge in [-0.2, -0.15) is 13.2 Å².